The van der Waals surface area contributed by atoms with Crippen LogP contribution < -0.4 is 5.32 Å². The van der Waals surface area contributed by atoms with E-state index in [1.54, 1.807) is 4.57 Å². The summed E-state index contributed by atoms with van der Waals surface area (Å²) < 4.78 is 40.2. The van der Waals surface area contributed by atoms with Crippen molar-refractivity contribution < 1.29 is 18.0 Å². The van der Waals surface area contributed by atoms with Gasteiger partial charge in [-0.3, -0.25) is 9.89 Å². The molecule has 2 rings (SSSR count). The summed E-state index contributed by atoms with van der Waals surface area (Å²) in [6.45, 7) is 2.80. The Morgan fingerprint density at radius 3 is 2.83 bits per heavy atom. The van der Waals surface area contributed by atoms with Crippen molar-refractivity contribution in [1.29, 1.82) is 0 Å². The number of alkyl halides is 3. The number of benzene rings is 1. The van der Waals surface area contributed by atoms with Gasteiger partial charge in [-0.15, -0.1) is 0 Å². The molecule has 0 bridgehead atoms. The van der Waals surface area contributed by atoms with Gasteiger partial charge in [0, 0.05) is 25.1 Å². The van der Waals surface area contributed by atoms with Crippen LogP contribution in [0.25, 0.3) is 0 Å². The van der Waals surface area contributed by atoms with E-state index in [-0.39, 0.29) is 12.1 Å². The zero-order chi connectivity index (χ0) is 17.0. The maximum atomic E-state index is 12.6. The van der Waals surface area contributed by atoms with E-state index in [4.69, 9.17) is 12.2 Å². The largest absolute Gasteiger partial charge is 0.416 e. The van der Waals surface area contributed by atoms with Gasteiger partial charge in [-0.2, -0.15) is 18.3 Å². The fraction of sp³-hybridized carbons (Fsp3) is 0.357. The third-order valence-electron chi connectivity index (χ3n) is 3.24. The van der Waals surface area contributed by atoms with Crippen LogP contribution in [-0.4, -0.2) is 27.2 Å². The summed E-state index contributed by atoms with van der Waals surface area (Å²) in [4.78, 5) is 11.9. The van der Waals surface area contributed by atoms with Gasteiger partial charge in [-0.05, 0) is 37.3 Å². The number of hydrogen-bond acceptors (Lipinski definition) is 3. The number of nitrogens with zero attached hydrogens (tertiary/aromatic N) is 2. The average Bonchev–Trinajstić information content (AvgIpc) is 2.86. The van der Waals surface area contributed by atoms with Gasteiger partial charge in [-0.25, -0.2) is 0 Å². The van der Waals surface area contributed by atoms with Crippen LogP contribution in [0, 0.1) is 4.77 Å². The number of carbonyl (C=O) groups excluding carboxylic acids is 1. The lowest BCUT2D eigenvalue weighted by Gasteiger charge is -2.09. The van der Waals surface area contributed by atoms with Crippen molar-refractivity contribution in [1.82, 2.24) is 20.1 Å². The molecular weight excluding hydrogens is 329 g/mol. The van der Waals surface area contributed by atoms with Gasteiger partial charge >= 0.3 is 6.18 Å². The van der Waals surface area contributed by atoms with Crippen LogP contribution in [0.4, 0.5) is 13.2 Å². The van der Waals surface area contributed by atoms with Gasteiger partial charge in [0.25, 0.3) is 5.91 Å². The Bertz CT molecular complexity index is 751. The second-order valence-electron chi connectivity index (χ2n) is 4.77. The smallest absolute Gasteiger partial charge is 0.352 e. The Kier molecular flexibility index (Phi) is 5.19. The number of amides is 1. The minimum atomic E-state index is -4.47. The zero-order valence-electron chi connectivity index (χ0n) is 12.3. The molecule has 2 N–H and O–H groups in total. The minimum absolute atomic E-state index is 0.0332. The Balaban J connectivity index is 1.99. The molecular formula is C14H15F3N4OS. The first kappa shape index (κ1) is 17.2. The second-order valence-corrected chi connectivity index (χ2v) is 5.16. The van der Waals surface area contributed by atoms with Crippen molar-refractivity contribution in [2.75, 3.05) is 6.54 Å². The zero-order valence-corrected chi connectivity index (χ0v) is 13.1. The molecule has 9 heteroatoms. The SMILES string of the molecule is CCn1c(CCNC(=O)c2cccc(C(F)(F)F)c2)n[nH]c1=S. The minimum Gasteiger partial charge on any atom is -0.352 e. The third kappa shape index (κ3) is 4.19. The Morgan fingerprint density at radius 2 is 2.17 bits per heavy atom. The molecule has 23 heavy (non-hydrogen) atoms. The quantitative estimate of drug-likeness (QED) is 0.820. The van der Waals surface area contributed by atoms with Crippen LogP contribution in [0.2, 0.25) is 0 Å². The maximum Gasteiger partial charge on any atom is 0.416 e. The first-order chi connectivity index (χ1) is 10.8. The third-order valence-corrected chi connectivity index (χ3v) is 3.55. The Morgan fingerprint density at radius 1 is 1.43 bits per heavy atom. The normalized spacial score (nSPS) is 11.5. The number of carbonyl (C=O) groups is 1. The van der Waals surface area contributed by atoms with Gasteiger partial charge < -0.3 is 9.88 Å². The van der Waals surface area contributed by atoms with E-state index in [1.165, 1.54) is 12.1 Å². The van der Waals surface area contributed by atoms with Gasteiger partial charge in [0.1, 0.15) is 5.82 Å². The number of halogens is 3. The van der Waals surface area contributed by atoms with Gasteiger partial charge in [0.05, 0.1) is 5.56 Å². The summed E-state index contributed by atoms with van der Waals surface area (Å²) in [5.41, 5.74) is -0.883. The first-order valence-corrected chi connectivity index (χ1v) is 7.33. The fourth-order valence-electron chi connectivity index (χ4n) is 2.09. The van der Waals surface area contributed by atoms with Crippen LogP contribution >= 0.6 is 12.2 Å². The second kappa shape index (κ2) is 6.95. The Hall–Kier alpha value is -2.16. The lowest BCUT2D eigenvalue weighted by Crippen LogP contribution is -2.26. The first-order valence-electron chi connectivity index (χ1n) is 6.92. The summed E-state index contributed by atoms with van der Waals surface area (Å²) in [5, 5.41) is 9.29. The predicted octanol–water partition coefficient (Wildman–Crippen LogP) is 2.95. The van der Waals surface area contributed by atoms with Gasteiger partial charge in [0.15, 0.2) is 4.77 Å². The van der Waals surface area contributed by atoms with E-state index < -0.39 is 17.6 Å². The molecule has 0 aliphatic carbocycles. The molecule has 0 atom stereocenters. The van der Waals surface area contributed by atoms with Crippen molar-refractivity contribution in [2.24, 2.45) is 0 Å². The number of rotatable bonds is 5. The number of H-pyrrole nitrogens is 1. The standard InChI is InChI=1S/C14H15F3N4OS/c1-2-21-11(19-20-13(21)23)6-7-18-12(22)9-4-3-5-10(8-9)14(15,16)17/h3-5,8H,2,6-7H2,1H3,(H,18,22)(H,20,23). The molecule has 0 aliphatic rings. The van der Waals surface area contributed by atoms with Crippen LogP contribution in [0.1, 0.15) is 28.7 Å². The lowest BCUT2D eigenvalue weighted by atomic mass is 10.1. The summed E-state index contributed by atoms with van der Waals surface area (Å²) >= 11 is 5.05. The summed E-state index contributed by atoms with van der Waals surface area (Å²) in [6.07, 6.45) is -4.05. The van der Waals surface area contributed by atoms with Gasteiger partial charge in [-0.1, -0.05) is 6.07 Å². The molecule has 1 heterocycles. The topological polar surface area (TPSA) is 62.7 Å². The molecule has 0 radical (unpaired) electrons. The molecule has 5 nitrogen and oxygen atoms in total. The van der Waals surface area contributed by atoms with Crippen molar-refractivity contribution in [3.05, 3.63) is 46.0 Å². The average molecular weight is 344 g/mol. The van der Waals surface area contributed by atoms with Gasteiger partial charge in [0.2, 0.25) is 0 Å². The fourth-order valence-corrected chi connectivity index (χ4v) is 2.37. The van der Waals surface area contributed by atoms with Crippen molar-refractivity contribution >= 4 is 18.1 Å². The molecule has 1 aromatic carbocycles. The van der Waals surface area contributed by atoms with Crippen LogP contribution in [-0.2, 0) is 19.1 Å². The van der Waals surface area contributed by atoms with E-state index in [9.17, 15) is 18.0 Å². The van der Waals surface area contributed by atoms with E-state index >= 15 is 0 Å². The summed E-state index contributed by atoms with van der Waals surface area (Å²) in [6, 6.07) is 4.31. The number of aromatic nitrogens is 3. The molecule has 0 saturated carbocycles. The molecule has 0 saturated heterocycles. The Labute approximate surface area is 135 Å². The molecule has 1 aromatic heterocycles. The molecule has 1 amide bonds. The van der Waals surface area contributed by atoms with E-state index in [2.05, 4.69) is 15.5 Å². The molecule has 124 valence electrons. The highest BCUT2D eigenvalue weighted by Gasteiger charge is 2.30. The van der Waals surface area contributed by atoms with Crippen molar-refractivity contribution in [2.45, 2.75) is 26.1 Å². The number of aromatic amines is 1. The molecule has 0 spiro atoms. The highest BCUT2D eigenvalue weighted by Crippen LogP contribution is 2.29. The highest BCUT2D eigenvalue weighted by molar-refractivity contribution is 7.71. The summed E-state index contributed by atoms with van der Waals surface area (Å²) in [5.74, 6) is 0.120. The highest BCUT2D eigenvalue weighted by atomic mass is 32.1. The van der Waals surface area contributed by atoms with Crippen LogP contribution in [0.5, 0.6) is 0 Å². The molecule has 0 fully saturated rings. The van der Waals surface area contributed by atoms with Crippen molar-refractivity contribution in [3.63, 3.8) is 0 Å². The van der Waals surface area contributed by atoms with E-state index in [0.717, 1.165) is 12.1 Å². The number of nitrogens with one attached hydrogen (secondary N) is 2. The van der Waals surface area contributed by atoms with Crippen LogP contribution in [0.15, 0.2) is 24.3 Å². The maximum absolute atomic E-state index is 12.6. The molecule has 0 aliphatic heterocycles. The van der Waals surface area contributed by atoms with Crippen LogP contribution in [0.3, 0.4) is 0 Å². The molecule has 2 aromatic rings. The van der Waals surface area contributed by atoms with E-state index in [1.807, 2.05) is 6.92 Å². The summed E-state index contributed by atoms with van der Waals surface area (Å²) in [7, 11) is 0. The lowest BCUT2D eigenvalue weighted by molar-refractivity contribution is -0.137. The van der Waals surface area contributed by atoms with E-state index in [0.29, 0.717) is 23.6 Å². The monoisotopic (exact) mass is 344 g/mol. The van der Waals surface area contributed by atoms with Crippen molar-refractivity contribution in [3.8, 4) is 0 Å². The molecule has 0 unspecified atom stereocenters. The predicted molar refractivity (Wildman–Crippen MR) is 80.6 cm³/mol. The number of hydrogen-bond donors (Lipinski definition) is 2.